The van der Waals surface area contributed by atoms with Crippen LogP contribution in [0.4, 0.5) is 0 Å². The van der Waals surface area contributed by atoms with Crippen molar-refractivity contribution in [1.82, 2.24) is 0 Å². The number of aryl methyl sites for hydroxylation is 1. The maximum absolute atomic E-state index is 13.1. The fraction of sp³-hybridized carbons (Fsp3) is 0.804. The van der Waals surface area contributed by atoms with Crippen LogP contribution in [0.2, 0.25) is 0 Å². The Morgan fingerprint density at radius 2 is 1.17 bits per heavy atom. The van der Waals surface area contributed by atoms with E-state index in [1.807, 2.05) is 6.92 Å². The maximum Gasteiger partial charge on any atom is 0.334 e. The van der Waals surface area contributed by atoms with Crippen LogP contribution in [-0.4, -0.2) is 91.0 Å². The molecule has 0 aromatic heterocycles. The minimum Gasteiger partial charge on any atom is -0.455 e. The van der Waals surface area contributed by atoms with Gasteiger partial charge in [-0.1, -0.05) is 115 Å². The largest absolute Gasteiger partial charge is 0.455 e. The SMILES string of the molecule is CCCCCCCCCC[C@@H](OCOC)[C@H]1CC[C@H]([C@H]2CC[C@H]([C@@H](CCCCCCCC[C@@H](CC3=C[C@@H](C)OC3=O)OS(=O)(=O)c3ccc(C)cc3)OCOC)O2)O1. The summed E-state index contributed by atoms with van der Waals surface area (Å²) in [7, 11) is -0.645. The van der Waals surface area contributed by atoms with Gasteiger partial charge in [-0.05, 0) is 77.0 Å². The van der Waals surface area contributed by atoms with Crippen molar-refractivity contribution in [3.05, 3.63) is 41.5 Å². The molecule has 3 aliphatic heterocycles. The van der Waals surface area contributed by atoms with Gasteiger partial charge in [-0.15, -0.1) is 0 Å². The highest BCUT2D eigenvalue weighted by Gasteiger charge is 2.42. The van der Waals surface area contributed by atoms with Crippen molar-refractivity contribution in [2.75, 3.05) is 27.8 Å². The van der Waals surface area contributed by atoms with Crippen molar-refractivity contribution in [1.29, 1.82) is 0 Å². The highest BCUT2D eigenvalue weighted by molar-refractivity contribution is 7.86. The maximum atomic E-state index is 13.1. The minimum atomic E-state index is -3.98. The van der Waals surface area contributed by atoms with E-state index < -0.39 is 22.2 Å². The summed E-state index contributed by atoms with van der Waals surface area (Å²) >= 11 is 0. The second kappa shape index (κ2) is 27.1. The number of carbonyl (C=O) groups is 1. The van der Waals surface area contributed by atoms with Gasteiger partial charge in [0.2, 0.25) is 0 Å². The average molecular weight is 837 g/mol. The van der Waals surface area contributed by atoms with Gasteiger partial charge in [0.15, 0.2) is 0 Å². The number of ether oxygens (including phenoxy) is 7. The lowest BCUT2D eigenvalue weighted by molar-refractivity contribution is -0.158. The van der Waals surface area contributed by atoms with Crippen molar-refractivity contribution in [3.8, 4) is 0 Å². The Bertz CT molecular complexity index is 1420. The molecule has 2 saturated heterocycles. The van der Waals surface area contributed by atoms with Crippen LogP contribution in [0.15, 0.2) is 40.8 Å². The molecular weight excluding hydrogens is 761 g/mol. The molecular formula is C46H76O11S. The van der Waals surface area contributed by atoms with Gasteiger partial charge in [-0.25, -0.2) is 4.79 Å². The van der Waals surface area contributed by atoms with E-state index in [2.05, 4.69) is 6.92 Å². The standard InChI is InChI=1S/C46H76O11S/c1-6-7-8-9-10-11-15-18-21-40(52-33-50-4)42-27-29-44(55-42)45-30-28-43(56-45)41(53-34-51-5)22-19-16-13-12-14-17-20-38(32-37-31-36(3)54-46(37)47)57-58(48,49)39-25-23-35(2)24-26-39/h23-26,31,36,38,40-45H,6-22,27-30,32-34H2,1-5H3/t36-,38+,40-,41-,42-,43-,44-,45-/m1/s1. The molecule has 8 atom stereocenters. The first-order chi connectivity index (χ1) is 28.1. The van der Waals surface area contributed by atoms with E-state index in [0.29, 0.717) is 18.8 Å². The molecule has 332 valence electrons. The zero-order valence-electron chi connectivity index (χ0n) is 36.4. The Balaban J connectivity index is 1.16. The first kappa shape index (κ1) is 48.8. The molecule has 0 bridgehead atoms. The number of methoxy groups -OCH3 is 2. The smallest absolute Gasteiger partial charge is 0.334 e. The third kappa shape index (κ3) is 17.2. The lowest BCUT2D eigenvalue weighted by atomic mass is 9.99. The Morgan fingerprint density at radius 3 is 1.64 bits per heavy atom. The lowest BCUT2D eigenvalue weighted by Gasteiger charge is -2.27. The molecule has 0 aliphatic carbocycles. The number of hydrogen-bond donors (Lipinski definition) is 0. The third-order valence-corrected chi connectivity index (χ3v) is 13.2. The van der Waals surface area contributed by atoms with Gasteiger partial charge in [-0.2, -0.15) is 8.42 Å². The Hall–Kier alpha value is -1.90. The number of carbonyl (C=O) groups excluding carboxylic acids is 1. The zero-order chi connectivity index (χ0) is 41.6. The Morgan fingerprint density at radius 1 is 0.690 bits per heavy atom. The van der Waals surface area contributed by atoms with E-state index in [1.165, 1.54) is 44.9 Å². The molecule has 0 saturated carbocycles. The van der Waals surface area contributed by atoms with E-state index in [0.717, 1.165) is 89.0 Å². The molecule has 4 rings (SSSR count). The van der Waals surface area contributed by atoms with Crippen molar-refractivity contribution in [3.63, 3.8) is 0 Å². The van der Waals surface area contributed by atoms with E-state index in [-0.39, 0.29) is 60.8 Å². The molecule has 1 aromatic carbocycles. The van der Waals surface area contributed by atoms with Crippen LogP contribution in [0, 0.1) is 6.92 Å². The summed E-state index contributed by atoms with van der Waals surface area (Å²) in [6.07, 6.45) is 23.8. The van der Waals surface area contributed by atoms with Gasteiger partial charge in [0.1, 0.15) is 19.7 Å². The average Bonchev–Trinajstić information content (AvgIpc) is 3.96. The van der Waals surface area contributed by atoms with Gasteiger partial charge in [0, 0.05) is 26.2 Å². The number of hydrogen-bond acceptors (Lipinski definition) is 11. The van der Waals surface area contributed by atoms with Crippen molar-refractivity contribution < 1.29 is 50.6 Å². The first-order valence-corrected chi connectivity index (χ1v) is 24.0. The number of unbranched alkanes of at least 4 members (excludes halogenated alkanes) is 12. The zero-order valence-corrected chi connectivity index (χ0v) is 37.2. The normalized spacial score (nSPS) is 23.9. The van der Waals surface area contributed by atoms with Crippen LogP contribution in [-0.2, 0) is 52.3 Å². The molecule has 3 aliphatic rings. The topological polar surface area (TPSA) is 125 Å². The van der Waals surface area contributed by atoms with E-state index >= 15 is 0 Å². The van der Waals surface area contributed by atoms with Crippen molar-refractivity contribution in [2.24, 2.45) is 0 Å². The molecule has 11 nitrogen and oxygen atoms in total. The van der Waals surface area contributed by atoms with E-state index in [4.69, 9.17) is 37.3 Å². The van der Waals surface area contributed by atoms with Gasteiger partial charge < -0.3 is 33.2 Å². The highest BCUT2D eigenvalue weighted by atomic mass is 32.2. The van der Waals surface area contributed by atoms with E-state index in [9.17, 15) is 13.2 Å². The van der Waals surface area contributed by atoms with Crippen LogP contribution >= 0.6 is 0 Å². The van der Waals surface area contributed by atoms with Crippen molar-refractivity contribution >= 4 is 16.1 Å². The fourth-order valence-corrected chi connectivity index (χ4v) is 9.69. The van der Waals surface area contributed by atoms with Gasteiger partial charge in [0.25, 0.3) is 10.1 Å². The van der Waals surface area contributed by atoms with E-state index in [1.54, 1.807) is 51.5 Å². The number of cyclic esters (lactones) is 1. The number of esters is 1. The molecule has 12 heteroatoms. The second-order valence-electron chi connectivity index (χ2n) is 16.8. The highest BCUT2D eigenvalue weighted by Crippen LogP contribution is 2.36. The minimum absolute atomic E-state index is 0.0176. The molecule has 0 amide bonds. The summed E-state index contributed by atoms with van der Waals surface area (Å²) in [6.45, 7) is 6.49. The Kier molecular flexibility index (Phi) is 22.8. The molecule has 0 spiro atoms. The summed E-state index contributed by atoms with van der Waals surface area (Å²) in [4.78, 5) is 12.5. The fourth-order valence-electron chi connectivity index (χ4n) is 8.59. The van der Waals surface area contributed by atoms with Crippen LogP contribution < -0.4 is 0 Å². The summed E-state index contributed by atoms with van der Waals surface area (Å²) in [6, 6.07) is 6.62. The number of rotatable bonds is 32. The van der Waals surface area contributed by atoms with Crippen LogP contribution in [0.25, 0.3) is 0 Å². The summed E-state index contributed by atoms with van der Waals surface area (Å²) in [5, 5.41) is 0. The molecule has 0 radical (unpaired) electrons. The van der Waals surface area contributed by atoms with Crippen LogP contribution in [0.5, 0.6) is 0 Å². The van der Waals surface area contributed by atoms with Crippen molar-refractivity contribution in [2.45, 2.75) is 216 Å². The van der Waals surface area contributed by atoms with Crippen LogP contribution in [0.1, 0.15) is 161 Å². The summed E-state index contributed by atoms with van der Waals surface area (Å²) < 4.78 is 73.5. The number of benzene rings is 1. The van der Waals surface area contributed by atoms with Gasteiger partial charge >= 0.3 is 5.97 Å². The molecule has 1 aromatic rings. The lowest BCUT2D eigenvalue weighted by Crippen LogP contribution is -2.35. The quantitative estimate of drug-likeness (QED) is 0.0298. The third-order valence-electron chi connectivity index (χ3n) is 11.8. The molecule has 0 N–H and O–H groups in total. The van der Waals surface area contributed by atoms with Crippen LogP contribution in [0.3, 0.4) is 0 Å². The second-order valence-corrected chi connectivity index (χ2v) is 18.3. The molecule has 2 fully saturated rings. The van der Waals surface area contributed by atoms with Gasteiger partial charge in [-0.3, -0.25) is 4.18 Å². The predicted molar refractivity (Wildman–Crippen MR) is 225 cm³/mol. The predicted octanol–water partition coefficient (Wildman–Crippen LogP) is 10.1. The monoisotopic (exact) mass is 837 g/mol. The van der Waals surface area contributed by atoms with Gasteiger partial charge in [0.05, 0.1) is 47.6 Å². The summed E-state index contributed by atoms with van der Waals surface area (Å²) in [5.41, 5.74) is 1.44. The molecule has 58 heavy (non-hydrogen) atoms. The molecule has 3 heterocycles. The first-order valence-electron chi connectivity index (χ1n) is 22.6. The Labute approximate surface area is 350 Å². The molecule has 0 unspecified atom stereocenters. The summed E-state index contributed by atoms with van der Waals surface area (Å²) in [5.74, 6) is -0.401.